The quantitative estimate of drug-likeness (QED) is 0.689. The number of hydrogen-bond acceptors (Lipinski definition) is 2. The summed E-state index contributed by atoms with van der Waals surface area (Å²) in [6.45, 7) is 2.08. The van der Waals surface area contributed by atoms with Gasteiger partial charge in [0.2, 0.25) is 0 Å². The van der Waals surface area contributed by atoms with Gasteiger partial charge in [-0.3, -0.25) is 4.55 Å². The molecule has 4 heteroatoms. The molecule has 0 saturated heterocycles. The highest BCUT2D eigenvalue weighted by molar-refractivity contribution is 7.85. The second-order valence-electron chi connectivity index (χ2n) is 4.64. The van der Waals surface area contributed by atoms with Crippen LogP contribution in [0.15, 0.2) is 77.7 Å². The molecule has 0 unspecified atom stereocenters. The van der Waals surface area contributed by atoms with E-state index >= 15 is 0 Å². The van der Waals surface area contributed by atoms with Crippen LogP contribution in [0.4, 0.5) is 0 Å². The summed E-state index contributed by atoms with van der Waals surface area (Å²) in [6, 6.07) is 22.1. The summed E-state index contributed by atoms with van der Waals surface area (Å²) >= 11 is 0. The first-order chi connectivity index (χ1) is 9.97. The molecule has 0 heterocycles. The van der Waals surface area contributed by atoms with E-state index in [9.17, 15) is 8.42 Å². The maximum atomic E-state index is 10.8. The van der Waals surface area contributed by atoms with E-state index in [0.717, 1.165) is 10.8 Å². The monoisotopic (exact) mass is 300 g/mol. The van der Waals surface area contributed by atoms with Crippen LogP contribution in [0.5, 0.6) is 0 Å². The van der Waals surface area contributed by atoms with Crippen molar-refractivity contribution in [1.82, 2.24) is 0 Å². The van der Waals surface area contributed by atoms with Gasteiger partial charge in [-0.2, -0.15) is 8.42 Å². The van der Waals surface area contributed by atoms with Crippen LogP contribution in [0.2, 0.25) is 0 Å². The Balaban J connectivity index is 0.000000194. The molecule has 0 aliphatic rings. The Morgan fingerprint density at radius 3 is 1.86 bits per heavy atom. The molecule has 0 aliphatic heterocycles. The summed E-state index contributed by atoms with van der Waals surface area (Å²) in [6.07, 6.45) is 0. The summed E-state index contributed by atoms with van der Waals surface area (Å²) in [4.78, 5) is -0.0730. The van der Waals surface area contributed by atoms with Crippen LogP contribution >= 0.6 is 0 Å². The van der Waals surface area contributed by atoms with E-state index in [0.29, 0.717) is 0 Å². The van der Waals surface area contributed by atoms with Gasteiger partial charge < -0.3 is 0 Å². The van der Waals surface area contributed by atoms with Gasteiger partial charge in [-0.25, -0.2) is 0 Å². The van der Waals surface area contributed by atoms with Crippen molar-refractivity contribution < 1.29 is 13.0 Å². The summed E-state index contributed by atoms with van der Waals surface area (Å²) in [5, 5.41) is 1.74. The van der Waals surface area contributed by atoms with E-state index in [-0.39, 0.29) is 4.90 Å². The average molecular weight is 300 g/mol. The Kier molecular flexibility index (Phi) is 4.73. The normalized spacial score (nSPS) is 10.8. The molecule has 0 aliphatic carbocycles. The first kappa shape index (κ1) is 15.2. The number of rotatable bonds is 1. The van der Waals surface area contributed by atoms with Crippen molar-refractivity contribution in [2.75, 3.05) is 0 Å². The van der Waals surface area contributed by atoms with Gasteiger partial charge in [0.15, 0.2) is 0 Å². The van der Waals surface area contributed by atoms with E-state index in [2.05, 4.69) is 19.1 Å². The van der Waals surface area contributed by atoms with Crippen molar-refractivity contribution in [2.24, 2.45) is 0 Å². The number of hydrogen-bond donors (Lipinski definition) is 1. The summed E-state index contributed by atoms with van der Waals surface area (Å²) in [5.41, 5.74) is 1.32. The molecule has 0 bridgehead atoms. The van der Waals surface area contributed by atoms with Crippen molar-refractivity contribution in [1.29, 1.82) is 0 Å². The first-order valence-electron chi connectivity index (χ1n) is 6.45. The van der Waals surface area contributed by atoms with E-state index in [4.69, 9.17) is 4.55 Å². The van der Waals surface area contributed by atoms with Crippen molar-refractivity contribution in [3.63, 3.8) is 0 Å². The highest BCUT2D eigenvalue weighted by Crippen LogP contribution is 2.18. The summed E-state index contributed by atoms with van der Waals surface area (Å²) in [7, 11) is -4.09. The molecule has 0 aromatic heterocycles. The lowest BCUT2D eigenvalue weighted by atomic mass is 10.1. The van der Waals surface area contributed by atoms with Crippen LogP contribution in [-0.2, 0) is 10.1 Å². The Labute approximate surface area is 124 Å². The third kappa shape index (κ3) is 4.41. The Bertz CT molecular complexity index is 825. The third-order valence-electron chi connectivity index (χ3n) is 2.96. The standard InChI is InChI=1S/C10H8O3S.C7H8/c11-14(12,13)10-6-5-8-3-1-2-4-9(8)7-10;1-7-5-3-2-4-6-7/h1-7H,(H,11,12,13);2-6H,1H3. The molecule has 3 nitrogen and oxygen atoms in total. The lowest BCUT2D eigenvalue weighted by molar-refractivity contribution is 0.483. The van der Waals surface area contributed by atoms with E-state index in [1.54, 1.807) is 12.1 Å². The van der Waals surface area contributed by atoms with Crippen molar-refractivity contribution >= 4 is 20.9 Å². The molecule has 3 rings (SSSR count). The van der Waals surface area contributed by atoms with Crippen molar-refractivity contribution in [3.05, 3.63) is 78.4 Å². The molecule has 0 saturated carbocycles. The summed E-state index contributed by atoms with van der Waals surface area (Å²) in [5.74, 6) is 0. The highest BCUT2D eigenvalue weighted by atomic mass is 32.2. The van der Waals surface area contributed by atoms with Crippen LogP contribution < -0.4 is 0 Å². The van der Waals surface area contributed by atoms with Crippen LogP contribution in [0, 0.1) is 6.92 Å². The lowest BCUT2D eigenvalue weighted by Gasteiger charge is -1.99. The van der Waals surface area contributed by atoms with E-state index in [1.165, 1.54) is 17.7 Å². The van der Waals surface area contributed by atoms with Gasteiger partial charge in [0.25, 0.3) is 10.1 Å². The zero-order valence-electron chi connectivity index (χ0n) is 11.6. The molecule has 3 aromatic carbocycles. The van der Waals surface area contributed by atoms with E-state index in [1.807, 2.05) is 36.4 Å². The molecule has 0 fully saturated rings. The molecule has 0 radical (unpaired) electrons. The molecule has 0 spiro atoms. The Hall–Kier alpha value is -2.17. The van der Waals surface area contributed by atoms with Gasteiger partial charge in [-0.15, -0.1) is 0 Å². The molecule has 21 heavy (non-hydrogen) atoms. The van der Waals surface area contributed by atoms with Crippen LogP contribution in [0.3, 0.4) is 0 Å². The largest absolute Gasteiger partial charge is 0.294 e. The predicted octanol–water partition coefficient (Wildman–Crippen LogP) is 4.08. The molecule has 1 N–H and O–H groups in total. The first-order valence-corrected chi connectivity index (χ1v) is 7.89. The van der Waals surface area contributed by atoms with Crippen LogP contribution in [-0.4, -0.2) is 13.0 Å². The summed E-state index contributed by atoms with van der Waals surface area (Å²) < 4.78 is 30.5. The average Bonchev–Trinajstić information content (AvgIpc) is 2.47. The minimum Gasteiger partial charge on any atom is -0.282 e. The number of benzene rings is 3. The lowest BCUT2D eigenvalue weighted by Crippen LogP contribution is -1.97. The fourth-order valence-corrected chi connectivity index (χ4v) is 2.38. The van der Waals surface area contributed by atoms with Crippen molar-refractivity contribution in [3.8, 4) is 0 Å². The molecular weight excluding hydrogens is 284 g/mol. The number of fused-ring (bicyclic) bond motifs is 1. The van der Waals surface area contributed by atoms with Gasteiger partial charge in [-0.1, -0.05) is 66.2 Å². The van der Waals surface area contributed by atoms with Gasteiger partial charge in [-0.05, 0) is 29.8 Å². The molecule has 108 valence electrons. The number of aryl methyl sites for hydroxylation is 1. The minimum atomic E-state index is -4.09. The van der Waals surface area contributed by atoms with Crippen molar-refractivity contribution in [2.45, 2.75) is 11.8 Å². The predicted molar refractivity (Wildman–Crippen MR) is 84.9 cm³/mol. The second kappa shape index (κ2) is 6.52. The topological polar surface area (TPSA) is 54.4 Å². The fourth-order valence-electron chi connectivity index (χ4n) is 1.86. The van der Waals surface area contributed by atoms with E-state index < -0.39 is 10.1 Å². The third-order valence-corrected chi connectivity index (χ3v) is 3.81. The zero-order valence-corrected chi connectivity index (χ0v) is 12.4. The van der Waals surface area contributed by atoms with Crippen LogP contribution in [0.25, 0.3) is 10.8 Å². The highest BCUT2D eigenvalue weighted by Gasteiger charge is 2.08. The maximum absolute atomic E-state index is 10.8. The zero-order chi connectivity index (χ0) is 15.3. The van der Waals surface area contributed by atoms with Gasteiger partial charge in [0, 0.05) is 0 Å². The van der Waals surface area contributed by atoms with Gasteiger partial charge in [0.05, 0.1) is 4.90 Å². The minimum absolute atomic E-state index is 0.0730. The Morgan fingerprint density at radius 2 is 1.33 bits per heavy atom. The van der Waals surface area contributed by atoms with Crippen LogP contribution in [0.1, 0.15) is 5.56 Å². The Morgan fingerprint density at radius 1 is 0.762 bits per heavy atom. The second-order valence-corrected chi connectivity index (χ2v) is 6.06. The molecular formula is C17H16O3S. The molecule has 0 amide bonds. The molecule has 0 atom stereocenters. The fraction of sp³-hybridized carbons (Fsp3) is 0.0588. The maximum Gasteiger partial charge on any atom is 0.294 e. The van der Waals surface area contributed by atoms with Gasteiger partial charge >= 0.3 is 0 Å². The molecule has 3 aromatic rings. The smallest absolute Gasteiger partial charge is 0.282 e. The van der Waals surface area contributed by atoms with Gasteiger partial charge in [0.1, 0.15) is 0 Å². The SMILES string of the molecule is Cc1ccccc1.O=S(=O)(O)c1ccc2ccccc2c1.